The van der Waals surface area contributed by atoms with Gasteiger partial charge in [-0.25, -0.2) is 18.6 Å². The lowest BCUT2D eigenvalue weighted by molar-refractivity contribution is -0.139. The number of fused-ring (bicyclic) bond motifs is 1. The Morgan fingerprint density at radius 3 is 2.70 bits per heavy atom. The fourth-order valence-corrected chi connectivity index (χ4v) is 4.53. The van der Waals surface area contributed by atoms with Crippen LogP contribution in [0.25, 0.3) is 10.8 Å². The number of likely N-dealkylation sites (N-methyl/N-ethyl adjacent to an activating group) is 1. The molecule has 1 atom stereocenters. The Kier molecular flexibility index (Phi) is 9.84. The van der Waals surface area contributed by atoms with Gasteiger partial charge in [0.1, 0.15) is 24.1 Å². The second-order valence-corrected chi connectivity index (χ2v) is 9.73. The molecule has 0 spiro atoms. The lowest BCUT2D eigenvalue weighted by atomic mass is 10.1. The summed E-state index contributed by atoms with van der Waals surface area (Å²) in [6.07, 6.45) is 0.764. The van der Waals surface area contributed by atoms with Gasteiger partial charge >= 0.3 is 6.09 Å². The van der Waals surface area contributed by atoms with Crippen LogP contribution in [0.1, 0.15) is 18.4 Å². The number of nitrogens with zero attached hydrogens (tertiary/aromatic N) is 3. The predicted octanol–water partition coefficient (Wildman–Crippen LogP) is 4.42. The number of carbonyl (C=O) groups excluding carboxylic acids is 3. The van der Waals surface area contributed by atoms with E-state index in [0.717, 1.165) is 0 Å². The Balaban J connectivity index is 1.40. The molecule has 0 bridgehead atoms. The highest BCUT2D eigenvalue weighted by atomic mass is 35.5. The number of carbonyl (C=O) groups is 3. The molecule has 1 N–H and O–H groups in total. The van der Waals surface area contributed by atoms with Gasteiger partial charge < -0.3 is 19.3 Å². The number of ether oxygens (including phenoxy) is 2. The molecule has 2 heterocycles. The van der Waals surface area contributed by atoms with E-state index in [1.165, 1.54) is 48.5 Å². The van der Waals surface area contributed by atoms with Gasteiger partial charge in [-0.15, -0.1) is 0 Å². The van der Waals surface area contributed by atoms with E-state index >= 15 is 0 Å². The molecule has 4 rings (SSSR count). The second kappa shape index (κ2) is 13.5. The van der Waals surface area contributed by atoms with Crippen LogP contribution in [-0.4, -0.2) is 78.7 Å². The molecule has 0 radical (unpaired) electrons. The summed E-state index contributed by atoms with van der Waals surface area (Å²) in [7, 11) is 1.52. The van der Waals surface area contributed by atoms with E-state index in [2.05, 4.69) is 10.3 Å². The third kappa shape index (κ3) is 7.64. The van der Waals surface area contributed by atoms with Crippen LogP contribution in [0.5, 0.6) is 0 Å². The summed E-state index contributed by atoms with van der Waals surface area (Å²) in [5, 5.41) is 3.69. The third-order valence-electron chi connectivity index (χ3n) is 6.68. The largest absolute Gasteiger partial charge is 0.447 e. The Bertz CT molecular complexity index is 1390. The molecule has 0 aliphatic carbocycles. The van der Waals surface area contributed by atoms with Gasteiger partial charge in [-0.1, -0.05) is 23.7 Å². The molecule has 0 saturated carbocycles. The number of aromatic nitrogens is 1. The zero-order valence-corrected chi connectivity index (χ0v) is 22.6. The highest BCUT2D eigenvalue weighted by Gasteiger charge is 2.27. The first-order valence-corrected chi connectivity index (χ1v) is 13.1. The average Bonchev–Trinajstić information content (AvgIpc) is 2.95. The summed E-state index contributed by atoms with van der Waals surface area (Å²) in [4.78, 5) is 45.7. The lowest BCUT2D eigenvalue weighted by Crippen LogP contribution is -2.47. The van der Waals surface area contributed by atoms with Crippen LogP contribution < -0.4 is 5.32 Å². The van der Waals surface area contributed by atoms with E-state index in [-0.39, 0.29) is 48.5 Å². The number of hydrogen-bond donors (Lipinski definition) is 1. The number of morpholine rings is 1. The van der Waals surface area contributed by atoms with Crippen molar-refractivity contribution in [2.24, 2.45) is 0 Å². The molecule has 1 aliphatic rings. The normalized spacial score (nSPS) is 14.1. The molecule has 3 amide bonds. The second-order valence-electron chi connectivity index (χ2n) is 9.35. The van der Waals surface area contributed by atoms with Crippen LogP contribution in [0, 0.1) is 11.6 Å². The van der Waals surface area contributed by atoms with Crippen LogP contribution in [0.4, 0.5) is 19.4 Å². The molecule has 9 nitrogen and oxygen atoms in total. The number of amides is 3. The topological polar surface area (TPSA) is 101 Å². The van der Waals surface area contributed by atoms with Gasteiger partial charge in [0.05, 0.1) is 30.7 Å². The van der Waals surface area contributed by atoms with Gasteiger partial charge in [0.2, 0.25) is 11.8 Å². The molecule has 1 aromatic heterocycles. The first-order chi connectivity index (χ1) is 19.2. The number of rotatable bonds is 9. The van der Waals surface area contributed by atoms with E-state index in [1.54, 1.807) is 17.0 Å². The van der Waals surface area contributed by atoms with Crippen molar-refractivity contribution in [1.29, 1.82) is 0 Å². The zero-order chi connectivity index (χ0) is 28.6. The summed E-state index contributed by atoms with van der Waals surface area (Å²) in [6, 6.07) is 9.34. The maximum atomic E-state index is 13.8. The minimum absolute atomic E-state index is 0.00564. The third-order valence-corrected chi connectivity index (χ3v) is 7.10. The minimum Gasteiger partial charge on any atom is -0.447 e. The number of nitrogens with one attached hydrogen (secondary N) is 1. The van der Waals surface area contributed by atoms with Gasteiger partial charge in [0.15, 0.2) is 0 Å². The number of anilines is 1. The smallest absolute Gasteiger partial charge is 0.412 e. The highest BCUT2D eigenvalue weighted by Crippen LogP contribution is 2.22. The fourth-order valence-electron chi connectivity index (χ4n) is 4.31. The Morgan fingerprint density at radius 1 is 1.15 bits per heavy atom. The van der Waals surface area contributed by atoms with Crippen LogP contribution in [0.3, 0.4) is 0 Å². The summed E-state index contributed by atoms with van der Waals surface area (Å²) >= 11 is 6.02. The molecule has 0 unspecified atom stereocenters. The van der Waals surface area contributed by atoms with Crippen molar-refractivity contribution in [3.8, 4) is 0 Å². The molecule has 212 valence electrons. The van der Waals surface area contributed by atoms with Crippen LogP contribution in [0.15, 0.2) is 48.7 Å². The van der Waals surface area contributed by atoms with E-state index in [4.69, 9.17) is 21.1 Å². The Morgan fingerprint density at radius 2 is 1.93 bits per heavy atom. The molecule has 40 heavy (non-hydrogen) atoms. The summed E-state index contributed by atoms with van der Waals surface area (Å²) < 4.78 is 38.0. The van der Waals surface area contributed by atoms with Gasteiger partial charge in [-0.05, 0) is 47.7 Å². The molecule has 2 aromatic carbocycles. The van der Waals surface area contributed by atoms with Crippen molar-refractivity contribution in [1.82, 2.24) is 14.8 Å². The van der Waals surface area contributed by atoms with Gasteiger partial charge in [0, 0.05) is 38.1 Å². The van der Waals surface area contributed by atoms with Gasteiger partial charge in [-0.2, -0.15) is 0 Å². The maximum absolute atomic E-state index is 13.8. The predicted molar refractivity (Wildman–Crippen MR) is 145 cm³/mol. The van der Waals surface area contributed by atoms with E-state index in [9.17, 15) is 23.2 Å². The summed E-state index contributed by atoms with van der Waals surface area (Å²) in [6.45, 7) is 1.42. The van der Waals surface area contributed by atoms with Crippen LogP contribution in [-0.2, 0) is 25.5 Å². The molecule has 1 saturated heterocycles. The van der Waals surface area contributed by atoms with E-state index in [1.807, 2.05) is 0 Å². The molecule has 1 aliphatic heterocycles. The zero-order valence-electron chi connectivity index (χ0n) is 21.9. The number of halogens is 3. The number of aryl methyl sites for hydroxylation is 1. The SMILES string of the molecule is CN(C(=O)CCc1cccc(F)c1Cl)[C@H](COC(=O)Nc1cc2cc(F)ccc2cn1)CC(=O)N1CCOCC1. The summed E-state index contributed by atoms with van der Waals surface area (Å²) in [5.41, 5.74) is 0.489. The van der Waals surface area contributed by atoms with Crippen LogP contribution >= 0.6 is 11.6 Å². The van der Waals surface area contributed by atoms with Crippen molar-refractivity contribution in [2.45, 2.75) is 25.3 Å². The molecular weight excluding hydrogens is 546 g/mol. The Labute approximate surface area is 235 Å². The molecule has 12 heteroatoms. The van der Waals surface area contributed by atoms with Crippen LogP contribution in [0.2, 0.25) is 5.02 Å². The fraction of sp³-hybridized carbons (Fsp3) is 0.357. The lowest BCUT2D eigenvalue weighted by Gasteiger charge is -2.32. The minimum atomic E-state index is -0.848. The highest BCUT2D eigenvalue weighted by molar-refractivity contribution is 6.31. The average molecular weight is 575 g/mol. The van der Waals surface area contributed by atoms with Gasteiger partial charge in [0.25, 0.3) is 0 Å². The van der Waals surface area contributed by atoms with E-state index < -0.39 is 23.8 Å². The van der Waals surface area contributed by atoms with E-state index in [0.29, 0.717) is 42.6 Å². The van der Waals surface area contributed by atoms with Gasteiger partial charge in [-0.3, -0.25) is 14.9 Å². The molecule has 1 fully saturated rings. The van der Waals surface area contributed by atoms with Crippen molar-refractivity contribution >= 4 is 46.1 Å². The molecular formula is C28H29ClF2N4O5. The molecule has 3 aromatic rings. The summed E-state index contributed by atoms with van der Waals surface area (Å²) in [5.74, 6) is -1.38. The first kappa shape index (κ1) is 29.2. The number of benzene rings is 2. The quantitative estimate of drug-likeness (QED) is 0.406. The monoisotopic (exact) mass is 574 g/mol. The number of pyridine rings is 1. The van der Waals surface area contributed by atoms with Crippen molar-refractivity contribution in [3.63, 3.8) is 0 Å². The standard InChI is InChI=1S/C28H29ClF2N4O5/c1-34(25(36)8-6-18-3-2-4-23(31)27(18)29)22(15-26(37)35-9-11-39-12-10-35)17-40-28(38)33-24-14-20-13-21(30)7-5-19(20)16-32-24/h2-5,7,13-14,16,22H,6,8-12,15,17H2,1H3,(H,32,33,38)/t22-/m0/s1. The maximum Gasteiger partial charge on any atom is 0.412 e. The van der Waals surface area contributed by atoms with Crippen molar-refractivity contribution in [3.05, 3.63) is 70.9 Å². The van der Waals surface area contributed by atoms with Crippen molar-refractivity contribution in [2.75, 3.05) is 45.3 Å². The van der Waals surface area contributed by atoms with Crippen molar-refractivity contribution < 1.29 is 32.6 Å². The Hall–Kier alpha value is -3.83. The first-order valence-electron chi connectivity index (χ1n) is 12.7. The number of hydrogen-bond acceptors (Lipinski definition) is 6.